The third-order valence-corrected chi connectivity index (χ3v) is 3.39. The van der Waals surface area contributed by atoms with Crippen LogP contribution in [0.25, 0.3) is 11.0 Å². The average molecular weight is 244 g/mol. The zero-order valence-corrected chi connectivity index (χ0v) is 10.4. The Bertz CT molecular complexity index is 576. The van der Waals surface area contributed by atoms with Crippen molar-refractivity contribution < 1.29 is 13.9 Å². The number of ether oxygens (including phenoxy) is 1. The Morgan fingerprint density at radius 3 is 2.94 bits per heavy atom. The molecule has 2 heterocycles. The van der Waals surface area contributed by atoms with Crippen molar-refractivity contribution in [1.82, 2.24) is 0 Å². The Kier molecular flexibility index (Phi) is 2.92. The van der Waals surface area contributed by atoms with Gasteiger partial charge in [0.15, 0.2) is 5.76 Å². The number of fused-ring (bicyclic) bond motifs is 1. The van der Waals surface area contributed by atoms with Crippen molar-refractivity contribution in [3.8, 4) is 0 Å². The number of benzene rings is 1. The van der Waals surface area contributed by atoms with E-state index in [0.29, 0.717) is 12.4 Å². The molecule has 3 nitrogen and oxygen atoms in total. The monoisotopic (exact) mass is 244 g/mol. The fraction of sp³-hybridized carbons (Fsp3) is 0.400. The second kappa shape index (κ2) is 4.58. The largest absolute Gasteiger partial charge is 0.453 e. The minimum absolute atomic E-state index is 0.0245. The lowest BCUT2D eigenvalue weighted by Crippen LogP contribution is -2.27. The average Bonchev–Trinajstić information content (AvgIpc) is 2.81. The van der Waals surface area contributed by atoms with Gasteiger partial charge in [-0.3, -0.25) is 4.79 Å². The maximum Gasteiger partial charge on any atom is 0.226 e. The van der Waals surface area contributed by atoms with Gasteiger partial charge in [0.2, 0.25) is 5.78 Å². The van der Waals surface area contributed by atoms with Crippen LogP contribution in [-0.2, 0) is 4.74 Å². The van der Waals surface area contributed by atoms with Crippen molar-refractivity contribution in [2.45, 2.75) is 32.3 Å². The first-order valence-corrected chi connectivity index (χ1v) is 6.40. The summed E-state index contributed by atoms with van der Waals surface area (Å²) in [5, 5.41) is 0.981. The van der Waals surface area contributed by atoms with Crippen molar-refractivity contribution in [1.29, 1.82) is 0 Å². The second-order valence-corrected chi connectivity index (χ2v) is 4.87. The molecule has 0 radical (unpaired) electrons. The molecule has 3 heteroatoms. The molecule has 0 aliphatic carbocycles. The quantitative estimate of drug-likeness (QED) is 0.759. The van der Waals surface area contributed by atoms with E-state index in [-0.39, 0.29) is 11.9 Å². The molecule has 0 N–H and O–H groups in total. The summed E-state index contributed by atoms with van der Waals surface area (Å²) in [6, 6.07) is 7.74. The van der Waals surface area contributed by atoms with Crippen molar-refractivity contribution in [2.75, 3.05) is 6.61 Å². The van der Waals surface area contributed by atoms with E-state index < -0.39 is 0 Å². The molecule has 1 unspecified atom stereocenters. The molecule has 1 aliphatic heterocycles. The highest BCUT2D eigenvalue weighted by Crippen LogP contribution is 2.24. The van der Waals surface area contributed by atoms with Gasteiger partial charge in [0, 0.05) is 12.0 Å². The van der Waals surface area contributed by atoms with Crippen LogP contribution in [0.5, 0.6) is 0 Å². The molecule has 1 aromatic heterocycles. The molecule has 1 aliphatic rings. The molecule has 18 heavy (non-hydrogen) atoms. The van der Waals surface area contributed by atoms with Crippen LogP contribution >= 0.6 is 0 Å². The summed E-state index contributed by atoms with van der Waals surface area (Å²) in [6.45, 7) is 2.70. The van der Waals surface area contributed by atoms with Gasteiger partial charge in [-0.05, 0) is 44.4 Å². The summed E-state index contributed by atoms with van der Waals surface area (Å²) in [5.74, 6) is 0.394. The summed E-state index contributed by atoms with van der Waals surface area (Å²) >= 11 is 0. The predicted octanol–water partition coefficient (Wildman–Crippen LogP) is 3.49. The zero-order valence-electron chi connectivity index (χ0n) is 10.4. The number of carbonyl (C=O) groups is 1. The molecule has 0 spiro atoms. The summed E-state index contributed by atoms with van der Waals surface area (Å²) < 4.78 is 11.1. The molecule has 1 atom stereocenters. The molecule has 1 fully saturated rings. The van der Waals surface area contributed by atoms with Gasteiger partial charge in [-0.25, -0.2) is 0 Å². The maximum atomic E-state index is 12.2. The Balaban J connectivity index is 1.91. The number of furan rings is 1. The van der Waals surface area contributed by atoms with Crippen LogP contribution in [0.2, 0.25) is 0 Å². The Morgan fingerprint density at radius 1 is 1.28 bits per heavy atom. The van der Waals surface area contributed by atoms with Crippen molar-refractivity contribution in [2.24, 2.45) is 0 Å². The minimum Gasteiger partial charge on any atom is -0.453 e. The van der Waals surface area contributed by atoms with Gasteiger partial charge in [0.05, 0.1) is 0 Å². The highest BCUT2D eigenvalue weighted by atomic mass is 16.5. The number of aryl methyl sites for hydroxylation is 1. The van der Waals surface area contributed by atoms with Crippen molar-refractivity contribution in [3.63, 3.8) is 0 Å². The lowest BCUT2D eigenvalue weighted by atomic mass is 10.0. The molecule has 3 rings (SSSR count). The second-order valence-electron chi connectivity index (χ2n) is 4.87. The summed E-state index contributed by atoms with van der Waals surface area (Å²) in [5.41, 5.74) is 1.93. The molecule has 0 amide bonds. The normalized spacial score (nSPS) is 20.2. The number of rotatable bonds is 2. The lowest BCUT2D eigenvalue weighted by molar-refractivity contribution is 0.0169. The molecule has 0 bridgehead atoms. The molecule has 0 saturated carbocycles. The van der Waals surface area contributed by atoms with E-state index in [1.807, 2.05) is 31.2 Å². The molecule has 2 aromatic rings. The van der Waals surface area contributed by atoms with Crippen molar-refractivity contribution >= 4 is 16.8 Å². The summed E-state index contributed by atoms with van der Waals surface area (Å²) in [4.78, 5) is 12.2. The number of hydrogen-bond acceptors (Lipinski definition) is 3. The first-order valence-electron chi connectivity index (χ1n) is 6.40. The van der Waals surface area contributed by atoms with Gasteiger partial charge in [0.25, 0.3) is 0 Å². The summed E-state index contributed by atoms with van der Waals surface area (Å²) in [6.07, 6.45) is 2.58. The highest BCUT2D eigenvalue weighted by Gasteiger charge is 2.25. The zero-order chi connectivity index (χ0) is 12.5. The standard InChI is InChI=1S/C15H16O3/c1-10-5-6-12-11(8-10)9-14(18-12)15(16)13-4-2-3-7-17-13/h5-6,8-9,13H,2-4,7H2,1H3. The molecule has 1 saturated heterocycles. The van der Waals surface area contributed by atoms with Crippen LogP contribution in [0.15, 0.2) is 28.7 Å². The first-order chi connectivity index (χ1) is 8.74. The first kappa shape index (κ1) is 11.5. The SMILES string of the molecule is Cc1ccc2oc(C(=O)C3CCCCO3)cc2c1. The fourth-order valence-electron chi connectivity index (χ4n) is 2.39. The Labute approximate surface area is 106 Å². The minimum atomic E-state index is -0.319. The predicted molar refractivity (Wildman–Crippen MR) is 68.9 cm³/mol. The smallest absolute Gasteiger partial charge is 0.226 e. The third kappa shape index (κ3) is 2.06. The topological polar surface area (TPSA) is 39.4 Å². The van der Waals surface area contributed by atoms with Gasteiger partial charge in [-0.1, -0.05) is 11.6 Å². The van der Waals surface area contributed by atoms with E-state index in [0.717, 1.165) is 35.8 Å². The molecule has 1 aromatic carbocycles. The van der Waals surface area contributed by atoms with E-state index in [9.17, 15) is 4.79 Å². The van der Waals surface area contributed by atoms with E-state index in [4.69, 9.17) is 9.15 Å². The number of ketones is 1. The van der Waals surface area contributed by atoms with Crippen LogP contribution in [0.4, 0.5) is 0 Å². The highest BCUT2D eigenvalue weighted by molar-refractivity contribution is 6.00. The van der Waals surface area contributed by atoms with Crippen LogP contribution < -0.4 is 0 Å². The Morgan fingerprint density at radius 2 is 2.17 bits per heavy atom. The van der Waals surface area contributed by atoms with Crippen LogP contribution in [0.3, 0.4) is 0 Å². The number of Topliss-reactive ketones (excluding diaryl/α,β-unsaturated/α-hetero) is 1. The van der Waals surface area contributed by atoms with Gasteiger partial charge < -0.3 is 9.15 Å². The fourth-order valence-corrected chi connectivity index (χ4v) is 2.39. The van der Waals surface area contributed by atoms with E-state index in [1.165, 1.54) is 0 Å². The maximum absolute atomic E-state index is 12.2. The van der Waals surface area contributed by atoms with Crippen LogP contribution in [-0.4, -0.2) is 18.5 Å². The lowest BCUT2D eigenvalue weighted by Gasteiger charge is -2.20. The number of hydrogen-bond donors (Lipinski definition) is 0. The third-order valence-electron chi connectivity index (χ3n) is 3.39. The van der Waals surface area contributed by atoms with Gasteiger partial charge in [-0.15, -0.1) is 0 Å². The molecular formula is C15H16O3. The van der Waals surface area contributed by atoms with Gasteiger partial charge >= 0.3 is 0 Å². The van der Waals surface area contributed by atoms with Gasteiger partial charge in [0.1, 0.15) is 11.7 Å². The Hall–Kier alpha value is -1.61. The van der Waals surface area contributed by atoms with Crippen LogP contribution in [0, 0.1) is 6.92 Å². The number of carbonyl (C=O) groups excluding carboxylic acids is 1. The van der Waals surface area contributed by atoms with E-state index >= 15 is 0 Å². The van der Waals surface area contributed by atoms with E-state index in [1.54, 1.807) is 0 Å². The molecule has 94 valence electrons. The molecular weight excluding hydrogens is 228 g/mol. The summed E-state index contributed by atoms with van der Waals surface area (Å²) in [7, 11) is 0. The van der Waals surface area contributed by atoms with Gasteiger partial charge in [-0.2, -0.15) is 0 Å². The van der Waals surface area contributed by atoms with E-state index in [2.05, 4.69) is 0 Å². The van der Waals surface area contributed by atoms with Crippen molar-refractivity contribution in [3.05, 3.63) is 35.6 Å². The van der Waals surface area contributed by atoms with Crippen LogP contribution in [0.1, 0.15) is 35.4 Å².